The van der Waals surface area contributed by atoms with E-state index in [9.17, 15) is 14.4 Å². The van der Waals surface area contributed by atoms with E-state index in [1.54, 1.807) is 0 Å². The first kappa shape index (κ1) is 42.8. The van der Waals surface area contributed by atoms with Crippen LogP contribution in [0.2, 0.25) is 0 Å². The summed E-state index contributed by atoms with van der Waals surface area (Å²) in [5.74, 6) is 0.966. The van der Waals surface area contributed by atoms with Crippen LogP contribution in [0.1, 0.15) is 44.9 Å². The molecule has 0 unspecified atom stereocenters. The topological polar surface area (TPSA) is 213 Å². The lowest BCUT2D eigenvalue weighted by molar-refractivity contribution is -0.122. The smallest absolute Gasteiger partial charge is 0.315 e. The van der Waals surface area contributed by atoms with Crippen LogP contribution >= 0.6 is 11.8 Å². The number of carbonyl (C=O) groups excluding carboxylic acids is 3. The highest BCUT2D eigenvalue weighted by Crippen LogP contribution is 2.33. The maximum Gasteiger partial charge on any atom is 0.315 e. The van der Waals surface area contributed by atoms with Gasteiger partial charge in [0.1, 0.15) is 0 Å². The Morgan fingerprint density at radius 2 is 1.20 bits per heavy atom. The first-order valence-electron chi connectivity index (χ1n) is 17.4. The molecule has 0 aromatic rings. The van der Waals surface area contributed by atoms with Crippen LogP contribution in [0.5, 0.6) is 0 Å². The van der Waals surface area contributed by atoms with Crippen molar-refractivity contribution in [2.24, 2.45) is 5.11 Å². The summed E-state index contributed by atoms with van der Waals surface area (Å²) >= 11 is 1.90. The summed E-state index contributed by atoms with van der Waals surface area (Å²) in [6.07, 6.45) is 5.12. The van der Waals surface area contributed by atoms with Crippen LogP contribution < -0.4 is 21.3 Å². The first-order valence-corrected chi connectivity index (χ1v) is 18.4. The number of unbranched alkanes of at least 4 members (excludes halogenated alkanes) is 1. The molecule has 0 saturated carbocycles. The van der Waals surface area contributed by atoms with E-state index in [0.29, 0.717) is 130 Å². The molecule has 0 spiro atoms. The third-order valence-corrected chi connectivity index (χ3v) is 8.90. The van der Waals surface area contributed by atoms with E-state index in [2.05, 4.69) is 31.3 Å². The van der Waals surface area contributed by atoms with Gasteiger partial charge in [-0.2, -0.15) is 11.8 Å². The number of hydrogen-bond acceptors (Lipinski definition) is 12. The number of nitrogens with zero attached hydrogens (tertiary/aromatic N) is 3. The van der Waals surface area contributed by atoms with Crippen LogP contribution in [-0.4, -0.2) is 153 Å². The Balaban J connectivity index is 1.20. The Kier molecular flexibility index (Phi) is 26.5. The summed E-state index contributed by atoms with van der Waals surface area (Å²) in [4.78, 5) is 38.0. The third-order valence-electron chi connectivity index (χ3n) is 7.39. The van der Waals surface area contributed by atoms with E-state index in [-0.39, 0.29) is 36.3 Å². The van der Waals surface area contributed by atoms with Crippen molar-refractivity contribution in [3.05, 3.63) is 10.4 Å². The second-order valence-electron chi connectivity index (χ2n) is 11.3. The summed E-state index contributed by atoms with van der Waals surface area (Å²) in [6.45, 7) is 7.77. The fraction of sp³-hybridized carbons (Fsp3) is 0.903. The molecule has 282 valence electrons. The SMILES string of the molecule is [N-]=[N+]=NCCOCCOCCOCCOCCC(=O)NCCCOCCOCCOCCCNC(=O)CCCC[C@@H]1SC[C@@H]2NC(=O)N[C@H]21. The molecule has 3 atom stereocenters. The van der Waals surface area contributed by atoms with Crippen LogP contribution in [0.3, 0.4) is 0 Å². The van der Waals surface area contributed by atoms with Crippen molar-refractivity contribution in [3.8, 4) is 0 Å². The molecule has 2 fully saturated rings. The Labute approximate surface area is 293 Å². The molecular formula is C31H57N7O10S. The lowest BCUT2D eigenvalue weighted by Crippen LogP contribution is -2.36. The summed E-state index contributed by atoms with van der Waals surface area (Å²) in [5, 5.41) is 15.5. The van der Waals surface area contributed by atoms with Crippen molar-refractivity contribution in [3.63, 3.8) is 0 Å². The highest BCUT2D eigenvalue weighted by molar-refractivity contribution is 8.00. The van der Waals surface area contributed by atoms with Gasteiger partial charge < -0.3 is 54.4 Å². The standard InChI is InChI=1S/C31H57N7O10S/c32-38-35-10-14-45-18-22-48-24-23-47-21-17-44-13-7-29(40)34-9-4-12-43-16-20-46-19-15-42-11-3-8-33-28(39)6-2-1-5-27-30-26(25-49-27)36-31(41)37-30/h26-27,30H,1-25H2,(H,33,39)(H,34,40)(H2,36,37,41)/t26-,27-,30+/m0/s1. The molecule has 0 aliphatic carbocycles. The molecule has 0 bridgehead atoms. The average Bonchev–Trinajstić information content (AvgIpc) is 3.65. The second kappa shape index (κ2) is 30.4. The van der Waals surface area contributed by atoms with Crippen molar-refractivity contribution in [1.82, 2.24) is 21.3 Å². The van der Waals surface area contributed by atoms with Crippen LogP contribution in [0.25, 0.3) is 10.4 Å². The minimum atomic E-state index is -0.0649. The minimum absolute atomic E-state index is 0.0613. The summed E-state index contributed by atoms with van der Waals surface area (Å²) in [5.41, 5.74) is 8.14. The van der Waals surface area contributed by atoms with E-state index in [4.69, 9.17) is 38.7 Å². The molecule has 2 aliphatic rings. The van der Waals surface area contributed by atoms with E-state index >= 15 is 0 Å². The van der Waals surface area contributed by atoms with Gasteiger partial charge >= 0.3 is 6.03 Å². The molecule has 49 heavy (non-hydrogen) atoms. The maximum absolute atomic E-state index is 12.0. The van der Waals surface area contributed by atoms with Gasteiger partial charge in [-0.15, -0.1) is 0 Å². The predicted octanol–water partition coefficient (Wildman–Crippen LogP) is 1.54. The van der Waals surface area contributed by atoms with Gasteiger partial charge in [-0.1, -0.05) is 11.5 Å². The number of nitrogens with one attached hydrogen (secondary N) is 4. The Bertz CT molecular complexity index is 935. The van der Waals surface area contributed by atoms with Crippen molar-refractivity contribution >= 4 is 29.6 Å². The maximum atomic E-state index is 12.0. The first-order chi connectivity index (χ1) is 24.1. The number of amides is 4. The third kappa shape index (κ3) is 23.6. The van der Waals surface area contributed by atoms with Gasteiger partial charge in [0, 0.05) is 61.6 Å². The van der Waals surface area contributed by atoms with Gasteiger partial charge in [0.15, 0.2) is 0 Å². The zero-order valence-electron chi connectivity index (χ0n) is 28.7. The van der Waals surface area contributed by atoms with Crippen LogP contribution in [0.4, 0.5) is 4.79 Å². The van der Waals surface area contributed by atoms with Crippen molar-refractivity contribution in [2.75, 3.05) is 118 Å². The molecule has 0 aromatic carbocycles. The van der Waals surface area contributed by atoms with Crippen molar-refractivity contribution in [2.45, 2.75) is 62.3 Å². The summed E-state index contributed by atoms with van der Waals surface area (Å²) < 4.78 is 38.0. The molecule has 0 aromatic heterocycles. The lowest BCUT2D eigenvalue weighted by atomic mass is 10.0. The predicted molar refractivity (Wildman–Crippen MR) is 184 cm³/mol. The number of hydrogen-bond donors (Lipinski definition) is 4. The van der Waals surface area contributed by atoms with Gasteiger partial charge in [-0.3, -0.25) is 9.59 Å². The zero-order chi connectivity index (χ0) is 35.0. The number of azide groups is 1. The van der Waals surface area contributed by atoms with Gasteiger partial charge in [0.05, 0.1) is 91.4 Å². The van der Waals surface area contributed by atoms with E-state index < -0.39 is 0 Å². The number of carbonyl (C=O) groups is 3. The van der Waals surface area contributed by atoms with Gasteiger partial charge in [-0.05, 0) is 31.2 Å². The molecule has 0 radical (unpaired) electrons. The zero-order valence-corrected chi connectivity index (χ0v) is 29.6. The number of fused-ring (bicyclic) bond motifs is 1. The molecule has 2 aliphatic heterocycles. The minimum Gasteiger partial charge on any atom is -0.379 e. The molecular weight excluding hydrogens is 662 g/mol. The highest BCUT2D eigenvalue weighted by Gasteiger charge is 2.42. The van der Waals surface area contributed by atoms with Gasteiger partial charge in [0.2, 0.25) is 11.8 Å². The Morgan fingerprint density at radius 3 is 1.78 bits per heavy atom. The highest BCUT2D eigenvalue weighted by atomic mass is 32.2. The van der Waals surface area contributed by atoms with E-state index in [1.807, 2.05) is 11.8 Å². The number of ether oxygens (including phenoxy) is 7. The van der Waals surface area contributed by atoms with Gasteiger partial charge in [0.25, 0.3) is 0 Å². The van der Waals surface area contributed by atoms with Crippen LogP contribution in [0, 0.1) is 0 Å². The van der Waals surface area contributed by atoms with Crippen molar-refractivity contribution < 1.29 is 47.5 Å². The Hall–Kier alpha value is -2.41. The molecule has 17 nitrogen and oxygen atoms in total. The second-order valence-corrected chi connectivity index (χ2v) is 12.5. The molecule has 4 amide bonds. The molecule has 4 N–H and O–H groups in total. The summed E-state index contributed by atoms with van der Waals surface area (Å²) in [7, 11) is 0. The van der Waals surface area contributed by atoms with E-state index in [1.165, 1.54) is 0 Å². The van der Waals surface area contributed by atoms with Crippen LogP contribution in [0.15, 0.2) is 5.11 Å². The number of urea groups is 1. The van der Waals surface area contributed by atoms with E-state index in [0.717, 1.165) is 31.4 Å². The molecule has 2 heterocycles. The van der Waals surface area contributed by atoms with Crippen LogP contribution in [-0.2, 0) is 42.7 Å². The van der Waals surface area contributed by atoms with Crippen molar-refractivity contribution in [1.29, 1.82) is 0 Å². The Morgan fingerprint density at radius 1 is 0.694 bits per heavy atom. The summed E-state index contributed by atoms with van der Waals surface area (Å²) in [6, 6.07) is 0.407. The molecule has 2 rings (SSSR count). The quantitative estimate of drug-likeness (QED) is 0.0246. The molecule has 2 saturated heterocycles. The monoisotopic (exact) mass is 719 g/mol. The fourth-order valence-electron chi connectivity index (χ4n) is 4.87. The lowest BCUT2D eigenvalue weighted by Gasteiger charge is -2.16. The normalized spacial score (nSPS) is 18.0. The average molecular weight is 720 g/mol. The fourth-order valence-corrected chi connectivity index (χ4v) is 6.42. The largest absolute Gasteiger partial charge is 0.379 e. The van der Waals surface area contributed by atoms with Gasteiger partial charge in [-0.25, -0.2) is 4.79 Å². The molecule has 18 heteroatoms. The number of thioether (sulfide) groups is 1. The number of rotatable bonds is 34.